The summed E-state index contributed by atoms with van der Waals surface area (Å²) in [5.74, 6) is 1.40. The fourth-order valence-electron chi connectivity index (χ4n) is 2.96. The molecule has 1 amide bonds. The molecule has 3 aromatic rings. The Kier molecular flexibility index (Phi) is 7.77. The van der Waals surface area contributed by atoms with E-state index in [1.807, 2.05) is 13.8 Å². The lowest BCUT2D eigenvalue weighted by molar-refractivity contribution is -0.384. The summed E-state index contributed by atoms with van der Waals surface area (Å²) in [6.45, 7) is 4.92. The second-order valence-electron chi connectivity index (χ2n) is 7.54. The molecule has 0 fully saturated rings. The van der Waals surface area contributed by atoms with E-state index in [4.69, 9.17) is 20.9 Å². The third kappa shape index (κ3) is 6.52. The summed E-state index contributed by atoms with van der Waals surface area (Å²) in [5, 5.41) is 15.3. The Morgan fingerprint density at radius 1 is 1.19 bits per heavy atom. The highest BCUT2D eigenvalue weighted by Gasteiger charge is 2.18. The van der Waals surface area contributed by atoms with Gasteiger partial charge in [0.2, 0.25) is 11.7 Å². The molecule has 0 aliphatic rings. The van der Waals surface area contributed by atoms with Crippen LogP contribution in [-0.4, -0.2) is 45.6 Å². The molecule has 0 spiro atoms. The molecule has 0 saturated carbocycles. The molecule has 0 radical (unpaired) electrons. The molecule has 10 heteroatoms. The van der Waals surface area contributed by atoms with E-state index in [1.54, 1.807) is 41.3 Å². The van der Waals surface area contributed by atoms with Crippen molar-refractivity contribution in [2.24, 2.45) is 5.92 Å². The summed E-state index contributed by atoms with van der Waals surface area (Å²) < 4.78 is 10.9. The summed E-state index contributed by atoms with van der Waals surface area (Å²) in [5.41, 5.74) is 0.596. The first-order valence-corrected chi connectivity index (χ1v) is 10.4. The van der Waals surface area contributed by atoms with Gasteiger partial charge in [-0.05, 0) is 42.3 Å². The molecule has 0 aliphatic carbocycles. The van der Waals surface area contributed by atoms with Crippen molar-refractivity contribution < 1.29 is 19.0 Å². The molecule has 168 valence electrons. The van der Waals surface area contributed by atoms with Gasteiger partial charge in [0.1, 0.15) is 5.75 Å². The number of nitro groups is 1. The molecule has 2 aromatic carbocycles. The van der Waals surface area contributed by atoms with E-state index in [2.05, 4.69) is 10.1 Å². The van der Waals surface area contributed by atoms with Crippen molar-refractivity contribution in [2.45, 2.75) is 20.3 Å². The number of non-ortho nitro benzene ring substituents is 1. The minimum absolute atomic E-state index is 0.0128. The SMILES string of the molecule is CC(C)CN(CCc1nc(-c2ccc([N+](=O)[O-])cc2)no1)C(=O)COc1ccc(Cl)cc1. The summed E-state index contributed by atoms with van der Waals surface area (Å²) in [7, 11) is 0. The van der Waals surface area contributed by atoms with E-state index in [-0.39, 0.29) is 24.1 Å². The van der Waals surface area contributed by atoms with Gasteiger partial charge in [-0.3, -0.25) is 14.9 Å². The van der Waals surface area contributed by atoms with Crippen LogP contribution in [0.2, 0.25) is 5.02 Å². The van der Waals surface area contributed by atoms with E-state index in [9.17, 15) is 14.9 Å². The molecular formula is C22H23ClN4O5. The van der Waals surface area contributed by atoms with Crippen molar-refractivity contribution in [1.29, 1.82) is 0 Å². The first-order valence-electron chi connectivity index (χ1n) is 10.1. The van der Waals surface area contributed by atoms with Crippen LogP contribution in [0.15, 0.2) is 53.1 Å². The molecule has 0 N–H and O–H groups in total. The van der Waals surface area contributed by atoms with Gasteiger partial charge in [0, 0.05) is 42.2 Å². The van der Waals surface area contributed by atoms with E-state index in [0.29, 0.717) is 47.6 Å². The van der Waals surface area contributed by atoms with Gasteiger partial charge in [-0.2, -0.15) is 4.98 Å². The largest absolute Gasteiger partial charge is 0.484 e. The number of benzene rings is 2. The van der Waals surface area contributed by atoms with E-state index in [0.717, 1.165) is 0 Å². The number of hydrogen-bond acceptors (Lipinski definition) is 7. The second-order valence-corrected chi connectivity index (χ2v) is 7.98. The number of halogens is 1. The molecule has 0 unspecified atom stereocenters. The Hall–Kier alpha value is -3.46. The Labute approximate surface area is 190 Å². The number of hydrogen-bond donors (Lipinski definition) is 0. The van der Waals surface area contributed by atoms with Crippen LogP contribution >= 0.6 is 11.6 Å². The van der Waals surface area contributed by atoms with Crippen molar-refractivity contribution >= 4 is 23.2 Å². The Balaban J connectivity index is 1.59. The molecule has 0 atom stereocenters. The van der Waals surface area contributed by atoms with Gasteiger partial charge >= 0.3 is 0 Å². The minimum atomic E-state index is -0.470. The lowest BCUT2D eigenvalue weighted by Crippen LogP contribution is -2.39. The van der Waals surface area contributed by atoms with Crippen molar-refractivity contribution in [2.75, 3.05) is 19.7 Å². The van der Waals surface area contributed by atoms with Crippen molar-refractivity contribution in [3.8, 4) is 17.1 Å². The van der Waals surface area contributed by atoms with Crippen LogP contribution in [0.4, 0.5) is 5.69 Å². The maximum Gasteiger partial charge on any atom is 0.269 e. The van der Waals surface area contributed by atoms with Crippen molar-refractivity contribution in [3.63, 3.8) is 0 Å². The Bertz CT molecular complexity index is 1050. The smallest absolute Gasteiger partial charge is 0.269 e. The number of ether oxygens (including phenoxy) is 1. The molecule has 32 heavy (non-hydrogen) atoms. The maximum atomic E-state index is 12.7. The number of nitrogens with zero attached hydrogens (tertiary/aromatic N) is 4. The van der Waals surface area contributed by atoms with Crippen LogP contribution in [-0.2, 0) is 11.2 Å². The van der Waals surface area contributed by atoms with E-state index >= 15 is 0 Å². The van der Waals surface area contributed by atoms with Crippen molar-refractivity contribution in [1.82, 2.24) is 15.0 Å². The molecule has 9 nitrogen and oxygen atoms in total. The zero-order chi connectivity index (χ0) is 23.1. The van der Waals surface area contributed by atoms with Gasteiger partial charge in [-0.1, -0.05) is 30.6 Å². The Morgan fingerprint density at radius 3 is 2.50 bits per heavy atom. The molecule has 3 rings (SSSR count). The minimum Gasteiger partial charge on any atom is -0.484 e. The summed E-state index contributed by atoms with van der Waals surface area (Å²) in [6.07, 6.45) is 0.374. The fraction of sp³-hybridized carbons (Fsp3) is 0.318. The molecule has 0 bridgehead atoms. The first-order chi connectivity index (χ1) is 15.3. The summed E-state index contributed by atoms with van der Waals surface area (Å²) >= 11 is 5.86. The van der Waals surface area contributed by atoms with Gasteiger partial charge in [-0.15, -0.1) is 0 Å². The van der Waals surface area contributed by atoms with Crippen molar-refractivity contribution in [3.05, 3.63) is 69.6 Å². The number of nitro benzene ring substituents is 1. The van der Waals surface area contributed by atoms with Gasteiger partial charge in [0.15, 0.2) is 6.61 Å². The zero-order valence-corrected chi connectivity index (χ0v) is 18.5. The van der Waals surface area contributed by atoms with Gasteiger partial charge in [-0.25, -0.2) is 0 Å². The number of amides is 1. The second kappa shape index (κ2) is 10.7. The average molecular weight is 459 g/mol. The lowest BCUT2D eigenvalue weighted by atomic mass is 10.2. The van der Waals surface area contributed by atoms with Crippen LogP contribution < -0.4 is 4.74 Å². The number of rotatable bonds is 10. The van der Waals surface area contributed by atoms with Crippen LogP contribution in [0.3, 0.4) is 0 Å². The number of aromatic nitrogens is 2. The predicted octanol–water partition coefficient (Wildman–Crippen LogP) is 4.40. The lowest BCUT2D eigenvalue weighted by Gasteiger charge is -2.24. The molecular weight excluding hydrogens is 436 g/mol. The topological polar surface area (TPSA) is 112 Å². The molecule has 0 saturated heterocycles. The van der Waals surface area contributed by atoms with Gasteiger partial charge in [0.05, 0.1) is 4.92 Å². The number of carbonyl (C=O) groups excluding carboxylic acids is 1. The van der Waals surface area contributed by atoms with Gasteiger partial charge in [0.25, 0.3) is 11.6 Å². The molecule has 0 aliphatic heterocycles. The highest BCUT2D eigenvalue weighted by atomic mass is 35.5. The molecule has 1 heterocycles. The average Bonchev–Trinajstić information content (AvgIpc) is 3.25. The van der Waals surface area contributed by atoms with Crippen LogP contribution in [0.1, 0.15) is 19.7 Å². The van der Waals surface area contributed by atoms with Crippen LogP contribution in [0.25, 0.3) is 11.4 Å². The van der Waals surface area contributed by atoms with Crippen LogP contribution in [0, 0.1) is 16.0 Å². The highest BCUT2D eigenvalue weighted by molar-refractivity contribution is 6.30. The van der Waals surface area contributed by atoms with E-state index in [1.165, 1.54) is 12.1 Å². The fourth-order valence-corrected chi connectivity index (χ4v) is 3.09. The summed E-state index contributed by atoms with van der Waals surface area (Å²) in [4.78, 5) is 29.1. The number of carbonyl (C=O) groups is 1. The highest BCUT2D eigenvalue weighted by Crippen LogP contribution is 2.20. The van der Waals surface area contributed by atoms with Gasteiger partial charge < -0.3 is 14.2 Å². The monoisotopic (exact) mass is 458 g/mol. The quantitative estimate of drug-likeness (QED) is 0.327. The summed E-state index contributed by atoms with van der Waals surface area (Å²) in [6, 6.07) is 12.7. The molecule has 1 aromatic heterocycles. The van der Waals surface area contributed by atoms with Crippen LogP contribution in [0.5, 0.6) is 5.75 Å². The third-order valence-electron chi connectivity index (χ3n) is 4.51. The standard InChI is InChI=1S/C22H23ClN4O5/c1-15(2)13-26(21(28)14-31-19-9-5-17(23)6-10-19)12-11-20-24-22(25-32-20)16-3-7-18(8-4-16)27(29)30/h3-10,15H,11-14H2,1-2H3. The third-order valence-corrected chi connectivity index (χ3v) is 4.77. The predicted molar refractivity (Wildman–Crippen MR) is 118 cm³/mol. The Morgan fingerprint density at radius 2 is 1.88 bits per heavy atom. The normalized spacial score (nSPS) is 10.9. The first kappa shape index (κ1) is 23.2. The zero-order valence-electron chi connectivity index (χ0n) is 17.7. The maximum absolute atomic E-state index is 12.7. The van der Waals surface area contributed by atoms with E-state index < -0.39 is 4.92 Å².